The minimum atomic E-state index is 0.902. The first-order chi connectivity index (χ1) is 15.3. The van der Waals surface area contributed by atoms with Gasteiger partial charge in [-0.1, -0.05) is 12.1 Å². The van der Waals surface area contributed by atoms with Gasteiger partial charge in [-0.3, -0.25) is 15.0 Å². The van der Waals surface area contributed by atoms with E-state index >= 15 is 0 Å². The van der Waals surface area contributed by atoms with Crippen molar-refractivity contribution in [3.05, 3.63) is 72.9 Å². The molecule has 1 fully saturated rings. The lowest BCUT2D eigenvalue weighted by Gasteiger charge is -2.14. The van der Waals surface area contributed by atoms with Gasteiger partial charge in [-0.05, 0) is 67.4 Å². The number of likely N-dealkylation sites (tertiary alicyclic amines) is 1. The highest BCUT2D eigenvalue weighted by Crippen LogP contribution is 2.33. The summed E-state index contributed by atoms with van der Waals surface area (Å²) in [6.45, 7) is 3.31. The molecule has 1 aromatic carbocycles. The van der Waals surface area contributed by atoms with E-state index in [4.69, 9.17) is 4.42 Å². The quantitative estimate of drug-likeness (QED) is 0.403. The fourth-order valence-electron chi connectivity index (χ4n) is 4.49. The standard InChI is InChI=1S/C25H23N5O/c1-2-8-30(7-1)15-17-10-19(14-26-13-17)23-12-25(29-28-23)24-11-21-20(18-6-9-31-16-18)4-3-5-22(21)27-24/h3-6,9-14,16,27H,1-2,7-8,15H2,(H,28,29). The Bertz CT molecular complexity index is 1330. The molecule has 5 heterocycles. The lowest BCUT2D eigenvalue weighted by molar-refractivity contribution is 0.331. The number of hydrogen-bond donors (Lipinski definition) is 2. The minimum absolute atomic E-state index is 0.902. The van der Waals surface area contributed by atoms with E-state index in [1.165, 1.54) is 31.5 Å². The van der Waals surface area contributed by atoms with E-state index in [1.54, 1.807) is 12.5 Å². The SMILES string of the molecule is c1cc(-c2ccoc2)c2cc(-c3cc(-c4cncc(CN5CCCC5)c4)n[nH]3)[nH]c2c1. The Morgan fingerprint density at radius 1 is 0.968 bits per heavy atom. The normalized spacial score (nSPS) is 14.6. The van der Waals surface area contributed by atoms with Crippen LogP contribution in [0, 0.1) is 0 Å². The first-order valence-electron chi connectivity index (χ1n) is 10.7. The molecule has 5 aromatic rings. The Balaban J connectivity index is 1.31. The number of furan rings is 1. The molecule has 1 saturated heterocycles. The van der Waals surface area contributed by atoms with Gasteiger partial charge in [0.25, 0.3) is 0 Å². The van der Waals surface area contributed by atoms with Crippen LogP contribution >= 0.6 is 0 Å². The average Bonchev–Trinajstić information content (AvgIpc) is 3.60. The van der Waals surface area contributed by atoms with Crippen molar-refractivity contribution in [1.29, 1.82) is 0 Å². The van der Waals surface area contributed by atoms with E-state index in [2.05, 4.69) is 61.5 Å². The van der Waals surface area contributed by atoms with Crippen molar-refractivity contribution in [1.82, 2.24) is 25.1 Å². The summed E-state index contributed by atoms with van der Waals surface area (Å²) in [6.07, 6.45) is 9.91. The molecular weight excluding hydrogens is 386 g/mol. The molecule has 0 bridgehead atoms. The lowest BCUT2D eigenvalue weighted by atomic mass is 10.0. The maximum absolute atomic E-state index is 5.28. The molecule has 2 N–H and O–H groups in total. The summed E-state index contributed by atoms with van der Waals surface area (Å²) in [5.74, 6) is 0. The Labute approximate surface area is 179 Å². The number of H-pyrrole nitrogens is 2. The molecule has 154 valence electrons. The number of rotatable bonds is 5. The smallest absolute Gasteiger partial charge is 0.0981 e. The Morgan fingerprint density at radius 2 is 1.90 bits per heavy atom. The van der Waals surface area contributed by atoms with Crippen molar-refractivity contribution in [3.63, 3.8) is 0 Å². The van der Waals surface area contributed by atoms with Gasteiger partial charge in [0.1, 0.15) is 0 Å². The van der Waals surface area contributed by atoms with Gasteiger partial charge < -0.3 is 9.40 Å². The number of fused-ring (bicyclic) bond motifs is 1. The predicted molar refractivity (Wildman–Crippen MR) is 121 cm³/mol. The number of pyridine rings is 1. The van der Waals surface area contributed by atoms with E-state index in [0.29, 0.717) is 0 Å². The van der Waals surface area contributed by atoms with Gasteiger partial charge in [-0.15, -0.1) is 0 Å². The van der Waals surface area contributed by atoms with E-state index in [9.17, 15) is 0 Å². The summed E-state index contributed by atoms with van der Waals surface area (Å²) in [4.78, 5) is 10.5. The maximum Gasteiger partial charge on any atom is 0.0981 e. The maximum atomic E-state index is 5.28. The number of nitrogens with zero attached hydrogens (tertiary/aromatic N) is 3. The summed E-state index contributed by atoms with van der Waals surface area (Å²) in [7, 11) is 0. The number of benzene rings is 1. The number of nitrogens with one attached hydrogen (secondary N) is 2. The molecule has 31 heavy (non-hydrogen) atoms. The molecule has 6 nitrogen and oxygen atoms in total. The van der Waals surface area contributed by atoms with Crippen molar-refractivity contribution >= 4 is 10.9 Å². The van der Waals surface area contributed by atoms with Gasteiger partial charge in [0, 0.05) is 41.0 Å². The molecule has 1 aliphatic heterocycles. The fraction of sp³-hybridized carbons (Fsp3) is 0.200. The topological polar surface area (TPSA) is 73.7 Å². The third-order valence-corrected chi connectivity index (χ3v) is 6.06. The van der Waals surface area contributed by atoms with Gasteiger partial charge in [-0.25, -0.2) is 0 Å². The molecule has 6 rings (SSSR count). The average molecular weight is 409 g/mol. The van der Waals surface area contributed by atoms with Crippen molar-refractivity contribution in [2.24, 2.45) is 0 Å². The molecule has 0 radical (unpaired) electrons. The Kier molecular flexibility index (Phi) is 4.43. The molecule has 0 atom stereocenters. The number of aromatic amines is 2. The number of hydrogen-bond acceptors (Lipinski definition) is 4. The van der Waals surface area contributed by atoms with Crippen LogP contribution in [0.1, 0.15) is 18.4 Å². The van der Waals surface area contributed by atoms with Gasteiger partial charge in [0.05, 0.1) is 29.6 Å². The molecule has 0 spiro atoms. The minimum Gasteiger partial charge on any atom is -0.472 e. The fourth-order valence-corrected chi connectivity index (χ4v) is 4.49. The Morgan fingerprint density at radius 3 is 2.77 bits per heavy atom. The van der Waals surface area contributed by atoms with Crippen LogP contribution in [0.2, 0.25) is 0 Å². The van der Waals surface area contributed by atoms with Gasteiger partial charge in [0.15, 0.2) is 0 Å². The molecule has 0 saturated carbocycles. The van der Waals surface area contributed by atoms with Crippen LogP contribution in [0.4, 0.5) is 0 Å². The van der Waals surface area contributed by atoms with Crippen molar-refractivity contribution in [3.8, 4) is 33.8 Å². The van der Waals surface area contributed by atoms with Crippen LogP contribution in [-0.2, 0) is 6.54 Å². The number of aromatic nitrogens is 4. The summed E-state index contributed by atoms with van der Waals surface area (Å²) >= 11 is 0. The van der Waals surface area contributed by atoms with Gasteiger partial charge in [-0.2, -0.15) is 5.10 Å². The zero-order valence-electron chi connectivity index (χ0n) is 17.1. The monoisotopic (exact) mass is 409 g/mol. The van der Waals surface area contributed by atoms with Gasteiger partial charge >= 0.3 is 0 Å². The zero-order chi connectivity index (χ0) is 20.6. The first kappa shape index (κ1) is 18.2. The zero-order valence-corrected chi connectivity index (χ0v) is 17.1. The van der Waals surface area contributed by atoms with Crippen molar-refractivity contribution in [2.75, 3.05) is 13.1 Å². The van der Waals surface area contributed by atoms with Crippen molar-refractivity contribution in [2.45, 2.75) is 19.4 Å². The lowest BCUT2D eigenvalue weighted by Crippen LogP contribution is -2.18. The van der Waals surface area contributed by atoms with Crippen LogP contribution in [0.5, 0.6) is 0 Å². The van der Waals surface area contributed by atoms with Crippen LogP contribution in [-0.4, -0.2) is 38.2 Å². The molecule has 6 heteroatoms. The summed E-state index contributed by atoms with van der Waals surface area (Å²) < 4.78 is 5.28. The predicted octanol–water partition coefficient (Wildman–Crippen LogP) is 5.48. The highest BCUT2D eigenvalue weighted by atomic mass is 16.3. The Hall–Kier alpha value is -3.64. The van der Waals surface area contributed by atoms with Crippen LogP contribution in [0.25, 0.3) is 44.7 Å². The van der Waals surface area contributed by atoms with Crippen molar-refractivity contribution < 1.29 is 4.42 Å². The molecule has 1 aliphatic rings. The molecule has 0 aliphatic carbocycles. The summed E-state index contributed by atoms with van der Waals surface area (Å²) in [5.41, 5.74) is 8.43. The van der Waals surface area contributed by atoms with E-state index in [-0.39, 0.29) is 0 Å². The third kappa shape index (κ3) is 3.45. The largest absolute Gasteiger partial charge is 0.472 e. The molecule has 4 aromatic heterocycles. The highest BCUT2D eigenvalue weighted by Gasteiger charge is 2.14. The van der Waals surface area contributed by atoms with Crippen LogP contribution in [0.3, 0.4) is 0 Å². The van der Waals surface area contributed by atoms with Crippen LogP contribution < -0.4 is 0 Å². The second kappa shape index (κ2) is 7.56. The summed E-state index contributed by atoms with van der Waals surface area (Å²) in [6, 6.07) is 14.7. The second-order valence-corrected chi connectivity index (χ2v) is 8.19. The third-order valence-electron chi connectivity index (χ3n) is 6.06. The first-order valence-corrected chi connectivity index (χ1v) is 10.7. The molecule has 0 amide bonds. The molecular formula is C25H23N5O. The molecule has 0 unspecified atom stereocenters. The second-order valence-electron chi connectivity index (χ2n) is 8.19. The highest BCUT2D eigenvalue weighted by molar-refractivity contribution is 5.97. The van der Waals surface area contributed by atoms with Crippen LogP contribution in [0.15, 0.2) is 71.8 Å². The van der Waals surface area contributed by atoms with E-state index in [1.807, 2.05) is 18.5 Å². The van der Waals surface area contributed by atoms with E-state index < -0.39 is 0 Å². The van der Waals surface area contributed by atoms with Gasteiger partial charge in [0.2, 0.25) is 0 Å². The van der Waals surface area contributed by atoms with E-state index in [0.717, 1.165) is 51.2 Å². The summed E-state index contributed by atoms with van der Waals surface area (Å²) in [5, 5.41) is 8.91.